The highest BCUT2D eigenvalue weighted by atomic mass is 16.4. The molecule has 0 spiro atoms. The third kappa shape index (κ3) is 4.01. The second kappa shape index (κ2) is 6.18. The molecule has 1 unspecified atom stereocenters. The van der Waals surface area contributed by atoms with Crippen LogP contribution in [0.4, 0.5) is 0 Å². The second-order valence-corrected chi connectivity index (χ2v) is 4.11. The molecule has 5 nitrogen and oxygen atoms in total. The van der Waals surface area contributed by atoms with E-state index in [0.717, 1.165) is 6.42 Å². The van der Waals surface area contributed by atoms with Crippen LogP contribution in [0.15, 0.2) is 12.7 Å². The lowest BCUT2D eigenvalue weighted by molar-refractivity contribution is -0.138. The molecule has 17 heavy (non-hydrogen) atoms. The number of hydrogen-bond acceptors (Lipinski definition) is 3. The molecule has 1 N–H and O–H groups in total. The van der Waals surface area contributed by atoms with Crippen LogP contribution in [0.25, 0.3) is 0 Å². The first-order valence-electron chi connectivity index (χ1n) is 5.70. The van der Waals surface area contributed by atoms with Gasteiger partial charge in [-0.3, -0.25) is 14.4 Å². The zero-order chi connectivity index (χ0) is 12.8. The van der Waals surface area contributed by atoms with Gasteiger partial charge in [0.2, 0.25) is 5.91 Å². The van der Waals surface area contributed by atoms with Gasteiger partial charge in [0.05, 0.1) is 12.5 Å². The predicted octanol–water partition coefficient (Wildman–Crippen LogP) is 0.987. The molecule has 0 radical (unpaired) electrons. The summed E-state index contributed by atoms with van der Waals surface area (Å²) in [5.74, 6) is -1.05. The van der Waals surface area contributed by atoms with Crippen molar-refractivity contribution in [2.24, 2.45) is 0 Å². The van der Waals surface area contributed by atoms with E-state index in [2.05, 4.69) is 6.58 Å². The lowest BCUT2D eigenvalue weighted by Crippen LogP contribution is -2.33. The van der Waals surface area contributed by atoms with Gasteiger partial charge in [-0.2, -0.15) is 0 Å². The molecule has 94 valence electrons. The van der Waals surface area contributed by atoms with Crippen molar-refractivity contribution in [3.05, 3.63) is 12.7 Å². The predicted molar refractivity (Wildman–Crippen MR) is 61.4 cm³/mol. The summed E-state index contributed by atoms with van der Waals surface area (Å²) in [6.07, 6.45) is 3.09. The molecule has 1 aliphatic heterocycles. The summed E-state index contributed by atoms with van der Waals surface area (Å²) in [5.41, 5.74) is 0. The highest BCUT2D eigenvalue weighted by Gasteiger charge is 2.28. The molecule has 0 bridgehead atoms. The molecule has 0 saturated carbocycles. The molecule has 1 amide bonds. The van der Waals surface area contributed by atoms with Gasteiger partial charge < -0.3 is 10.0 Å². The number of nitrogens with zero attached hydrogens (tertiary/aromatic N) is 1. The minimum atomic E-state index is -0.973. The number of rotatable bonds is 7. The summed E-state index contributed by atoms with van der Waals surface area (Å²) in [6, 6.07) is 0.0229. The summed E-state index contributed by atoms with van der Waals surface area (Å²) in [5, 5.41) is 8.43. The zero-order valence-electron chi connectivity index (χ0n) is 9.72. The van der Waals surface area contributed by atoms with Crippen molar-refractivity contribution in [3.63, 3.8) is 0 Å². The van der Waals surface area contributed by atoms with Gasteiger partial charge in [0, 0.05) is 25.8 Å². The van der Waals surface area contributed by atoms with Gasteiger partial charge in [-0.05, 0) is 6.42 Å². The second-order valence-electron chi connectivity index (χ2n) is 4.11. The normalized spacial score (nSPS) is 19.4. The van der Waals surface area contributed by atoms with Crippen LogP contribution in [0.2, 0.25) is 0 Å². The van der Waals surface area contributed by atoms with Crippen molar-refractivity contribution in [3.8, 4) is 0 Å². The Morgan fingerprint density at radius 1 is 1.41 bits per heavy atom. The molecular weight excluding hydrogens is 222 g/mol. The van der Waals surface area contributed by atoms with E-state index in [4.69, 9.17) is 5.11 Å². The van der Waals surface area contributed by atoms with Crippen LogP contribution in [0, 0.1) is 0 Å². The van der Waals surface area contributed by atoms with Crippen molar-refractivity contribution in [2.45, 2.75) is 38.1 Å². The van der Waals surface area contributed by atoms with Crippen LogP contribution in [-0.2, 0) is 14.4 Å². The first kappa shape index (κ1) is 13.4. The van der Waals surface area contributed by atoms with Crippen molar-refractivity contribution in [1.82, 2.24) is 4.90 Å². The lowest BCUT2D eigenvalue weighted by Gasteiger charge is -2.21. The van der Waals surface area contributed by atoms with Gasteiger partial charge in [0.25, 0.3) is 0 Å². The molecule has 0 aromatic heterocycles. The highest BCUT2D eigenvalue weighted by Crippen LogP contribution is 2.19. The van der Waals surface area contributed by atoms with Gasteiger partial charge in [0.15, 0.2) is 0 Å². The third-order valence-corrected chi connectivity index (χ3v) is 2.90. The Morgan fingerprint density at radius 3 is 2.71 bits per heavy atom. The van der Waals surface area contributed by atoms with E-state index in [0.29, 0.717) is 13.0 Å². The van der Waals surface area contributed by atoms with Crippen molar-refractivity contribution in [2.75, 3.05) is 6.54 Å². The Labute approximate surface area is 100 Å². The molecule has 1 saturated heterocycles. The van der Waals surface area contributed by atoms with Gasteiger partial charge in [-0.1, -0.05) is 6.08 Å². The fraction of sp³-hybridized carbons (Fsp3) is 0.583. The Balaban J connectivity index is 2.34. The molecule has 5 heteroatoms. The molecule has 1 atom stereocenters. The summed E-state index contributed by atoms with van der Waals surface area (Å²) < 4.78 is 0. The third-order valence-electron chi connectivity index (χ3n) is 2.90. The van der Waals surface area contributed by atoms with Crippen LogP contribution in [0.5, 0.6) is 0 Å². The van der Waals surface area contributed by atoms with Crippen molar-refractivity contribution >= 4 is 17.7 Å². The molecule has 0 aromatic carbocycles. The first-order valence-corrected chi connectivity index (χ1v) is 5.70. The summed E-state index contributed by atoms with van der Waals surface area (Å²) in [7, 11) is 0. The maximum atomic E-state index is 11.5. The Kier molecular flexibility index (Phi) is 4.87. The molecule has 0 aromatic rings. The molecule has 1 fully saturated rings. The molecule has 0 aliphatic carbocycles. The van der Waals surface area contributed by atoms with Gasteiger partial charge >= 0.3 is 5.97 Å². The van der Waals surface area contributed by atoms with E-state index in [1.807, 2.05) is 0 Å². The van der Waals surface area contributed by atoms with E-state index in [9.17, 15) is 14.4 Å². The van der Waals surface area contributed by atoms with E-state index >= 15 is 0 Å². The SMILES string of the molecule is C=CC1CCC(=O)N1CCC(=O)CCC(=O)O. The largest absolute Gasteiger partial charge is 0.481 e. The number of likely N-dealkylation sites (tertiary alicyclic amines) is 1. The maximum absolute atomic E-state index is 11.5. The number of hydrogen-bond donors (Lipinski definition) is 1. The fourth-order valence-corrected chi connectivity index (χ4v) is 1.91. The molecular formula is C12H17NO4. The van der Waals surface area contributed by atoms with Crippen LogP contribution in [0.1, 0.15) is 32.1 Å². The lowest BCUT2D eigenvalue weighted by atomic mass is 10.1. The topological polar surface area (TPSA) is 74.7 Å². The average Bonchev–Trinajstić information content (AvgIpc) is 2.64. The minimum absolute atomic E-state index is 0.0229. The van der Waals surface area contributed by atoms with E-state index in [1.54, 1.807) is 11.0 Å². The van der Waals surface area contributed by atoms with E-state index in [1.165, 1.54) is 0 Å². The standard InChI is InChI=1S/C12H17NO4/c1-2-9-3-5-11(15)13(9)8-7-10(14)4-6-12(16)17/h2,9H,1,3-8H2,(H,16,17). The summed E-state index contributed by atoms with van der Waals surface area (Å²) in [6.45, 7) is 4.03. The van der Waals surface area contributed by atoms with Crippen molar-refractivity contribution < 1.29 is 19.5 Å². The van der Waals surface area contributed by atoms with Gasteiger partial charge in [-0.25, -0.2) is 0 Å². The van der Waals surface area contributed by atoms with Crippen LogP contribution < -0.4 is 0 Å². The summed E-state index contributed by atoms with van der Waals surface area (Å²) in [4.78, 5) is 34.8. The molecule has 1 rings (SSSR count). The highest BCUT2D eigenvalue weighted by molar-refractivity contribution is 5.84. The number of carbonyl (C=O) groups is 3. The first-order chi connectivity index (χ1) is 8.04. The Hall–Kier alpha value is -1.65. The Bertz CT molecular complexity index is 337. The van der Waals surface area contributed by atoms with E-state index in [-0.39, 0.29) is 37.0 Å². The zero-order valence-corrected chi connectivity index (χ0v) is 9.72. The number of aliphatic carboxylic acids is 1. The Morgan fingerprint density at radius 2 is 2.12 bits per heavy atom. The average molecular weight is 239 g/mol. The van der Waals surface area contributed by atoms with Crippen LogP contribution in [-0.4, -0.2) is 40.3 Å². The number of amides is 1. The quantitative estimate of drug-likeness (QED) is 0.672. The number of ketones is 1. The van der Waals surface area contributed by atoms with Crippen LogP contribution in [0.3, 0.4) is 0 Å². The monoisotopic (exact) mass is 239 g/mol. The molecule has 1 aliphatic rings. The maximum Gasteiger partial charge on any atom is 0.303 e. The molecule has 1 heterocycles. The fourth-order valence-electron chi connectivity index (χ4n) is 1.91. The number of Topliss-reactive ketones (excluding diaryl/α,β-unsaturated/α-hetero) is 1. The minimum Gasteiger partial charge on any atom is -0.481 e. The van der Waals surface area contributed by atoms with Crippen LogP contribution >= 0.6 is 0 Å². The van der Waals surface area contributed by atoms with Gasteiger partial charge in [-0.15, -0.1) is 6.58 Å². The smallest absolute Gasteiger partial charge is 0.303 e. The number of carbonyl (C=O) groups excluding carboxylic acids is 2. The summed E-state index contributed by atoms with van der Waals surface area (Å²) >= 11 is 0. The number of carboxylic acid groups (broad SMARTS) is 1. The van der Waals surface area contributed by atoms with Gasteiger partial charge in [0.1, 0.15) is 5.78 Å². The number of carboxylic acids is 1. The van der Waals surface area contributed by atoms with E-state index < -0.39 is 5.97 Å². The van der Waals surface area contributed by atoms with Crippen molar-refractivity contribution in [1.29, 1.82) is 0 Å².